The van der Waals surface area contributed by atoms with Gasteiger partial charge in [0.2, 0.25) is 0 Å². The number of rotatable bonds is 6. The van der Waals surface area contributed by atoms with Crippen molar-refractivity contribution in [3.8, 4) is 0 Å². The number of halogens is 1. The molecule has 0 radical (unpaired) electrons. The highest BCUT2D eigenvalue weighted by Gasteiger charge is 2.25. The molecule has 7 heteroatoms. The van der Waals surface area contributed by atoms with Gasteiger partial charge in [0.05, 0.1) is 18.2 Å². The average Bonchev–Trinajstić information content (AvgIpc) is 3.09. The van der Waals surface area contributed by atoms with Gasteiger partial charge in [-0.15, -0.1) is 0 Å². The van der Waals surface area contributed by atoms with Crippen molar-refractivity contribution < 1.29 is 13.9 Å². The maximum Gasteiger partial charge on any atom is 0.338 e. The van der Waals surface area contributed by atoms with Crippen molar-refractivity contribution in [2.75, 3.05) is 32.1 Å². The second-order valence-electron chi connectivity index (χ2n) is 6.88. The minimum Gasteiger partial charge on any atom is -0.460 e. The molecule has 0 bridgehead atoms. The molecular weight excluding hydrogens is 377 g/mol. The highest BCUT2D eigenvalue weighted by Crippen LogP contribution is 2.32. The first kappa shape index (κ1) is 20.1. The molecule has 1 aliphatic rings. The molecule has 2 N–H and O–H groups in total. The summed E-state index contributed by atoms with van der Waals surface area (Å²) in [5.74, 6) is -0.530. The van der Waals surface area contributed by atoms with Crippen molar-refractivity contribution in [2.24, 2.45) is 0 Å². The van der Waals surface area contributed by atoms with Crippen molar-refractivity contribution in [2.45, 2.75) is 18.9 Å². The number of nitrogens with one attached hydrogen (secondary N) is 2. The molecule has 1 unspecified atom stereocenters. The summed E-state index contributed by atoms with van der Waals surface area (Å²) < 4.78 is 19.1. The van der Waals surface area contributed by atoms with Crippen LogP contribution in [-0.4, -0.2) is 38.3 Å². The number of fused-ring (bicyclic) bond motifs is 1. The Balaban J connectivity index is 1.40. The van der Waals surface area contributed by atoms with Crippen LogP contribution in [0.2, 0.25) is 0 Å². The predicted molar refractivity (Wildman–Crippen MR) is 112 cm³/mol. The molecule has 0 saturated carbocycles. The molecule has 5 nitrogen and oxygen atoms in total. The third-order valence-electron chi connectivity index (χ3n) is 4.76. The first-order valence-electron chi connectivity index (χ1n) is 9.22. The Bertz CT molecular complexity index is 855. The number of hydrogen-bond donors (Lipinski definition) is 2. The Morgan fingerprint density at radius 3 is 2.71 bits per heavy atom. The normalized spacial score (nSPS) is 14.9. The average molecular weight is 402 g/mol. The third-order valence-corrected chi connectivity index (χ3v) is 5.02. The number of benzene rings is 2. The van der Waals surface area contributed by atoms with E-state index in [4.69, 9.17) is 17.0 Å². The van der Waals surface area contributed by atoms with Gasteiger partial charge in [0.1, 0.15) is 12.4 Å². The van der Waals surface area contributed by atoms with Crippen molar-refractivity contribution >= 4 is 29.0 Å². The lowest BCUT2D eigenvalue weighted by Crippen LogP contribution is -2.38. The van der Waals surface area contributed by atoms with E-state index >= 15 is 0 Å². The van der Waals surface area contributed by atoms with Gasteiger partial charge < -0.3 is 20.3 Å². The summed E-state index contributed by atoms with van der Waals surface area (Å²) >= 11 is 5.30. The van der Waals surface area contributed by atoms with Crippen molar-refractivity contribution in [3.63, 3.8) is 0 Å². The molecule has 0 amide bonds. The summed E-state index contributed by atoms with van der Waals surface area (Å²) in [6.45, 7) is 0.599. The van der Waals surface area contributed by atoms with Gasteiger partial charge in [-0.05, 0) is 66.5 Å². The highest BCUT2D eigenvalue weighted by molar-refractivity contribution is 7.80. The summed E-state index contributed by atoms with van der Waals surface area (Å²) in [4.78, 5) is 14.0. The van der Waals surface area contributed by atoms with Crippen molar-refractivity contribution in [3.05, 3.63) is 65.0 Å². The van der Waals surface area contributed by atoms with Gasteiger partial charge in [0, 0.05) is 19.8 Å². The van der Waals surface area contributed by atoms with E-state index in [1.54, 1.807) is 18.2 Å². The van der Waals surface area contributed by atoms with E-state index in [9.17, 15) is 9.18 Å². The van der Waals surface area contributed by atoms with Gasteiger partial charge in [-0.25, -0.2) is 9.18 Å². The van der Waals surface area contributed by atoms with Crippen LogP contribution in [0, 0.1) is 5.82 Å². The van der Waals surface area contributed by atoms with Crippen LogP contribution in [0.3, 0.4) is 0 Å². The Hall–Kier alpha value is -2.67. The number of anilines is 1. The SMILES string of the molecule is CN(C)c1ccc(C(=O)OCCNC(=S)NC2CCc3c(F)cccc32)cc1. The lowest BCUT2D eigenvalue weighted by atomic mass is 10.1. The zero-order chi connectivity index (χ0) is 20.1. The minimum atomic E-state index is -0.369. The summed E-state index contributed by atoms with van der Waals surface area (Å²) in [6, 6.07) is 12.4. The molecule has 0 heterocycles. The molecule has 0 fully saturated rings. The Kier molecular flexibility index (Phi) is 6.46. The molecule has 3 rings (SSSR count). The molecule has 2 aromatic rings. The summed E-state index contributed by atoms with van der Waals surface area (Å²) in [7, 11) is 3.88. The fraction of sp³-hybridized carbons (Fsp3) is 0.333. The smallest absolute Gasteiger partial charge is 0.338 e. The number of esters is 1. The van der Waals surface area contributed by atoms with Gasteiger partial charge in [-0.1, -0.05) is 12.1 Å². The largest absolute Gasteiger partial charge is 0.460 e. The van der Waals surface area contributed by atoms with E-state index in [1.807, 2.05) is 37.2 Å². The van der Waals surface area contributed by atoms with Crippen LogP contribution in [0.15, 0.2) is 42.5 Å². The molecule has 28 heavy (non-hydrogen) atoms. The van der Waals surface area contributed by atoms with Crippen LogP contribution in [-0.2, 0) is 11.2 Å². The van der Waals surface area contributed by atoms with Crippen LogP contribution in [0.25, 0.3) is 0 Å². The Morgan fingerprint density at radius 1 is 1.25 bits per heavy atom. The summed E-state index contributed by atoms with van der Waals surface area (Å²) in [5.41, 5.74) is 3.24. The first-order valence-corrected chi connectivity index (χ1v) is 9.62. The van der Waals surface area contributed by atoms with E-state index < -0.39 is 0 Å². The molecule has 1 atom stereocenters. The van der Waals surface area contributed by atoms with Crippen molar-refractivity contribution in [1.29, 1.82) is 0 Å². The number of ether oxygens (including phenoxy) is 1. The summed E-state index contributed by atoms with van der Waals surface area (Å²) in [5, 5.41) is 6.70. The number of nitrogens with zero attached hydrogens (tertiary/aromatic N) is 1. The zero-order valence-corrected chi connectivity index (χ0v) is 16.8. The molecule has 1 aliphatic carbocycles. The van der Waals surface area contributed by atoms with E-state index in [2.05, 4.69) is 10.6 Å². The second-order valence-corrected chi connectivity index (χ2v) is 7.28. The Morgan fingerprint density at radius 2 is 2.00 bits per heavy atom. The lowest BCUT2D eigenvalue weighted by Gasteiger charge is -2.17. The maximum atomic E-state index is 13.8. The third kappa shape index (κ3) is 4.78. The summed E-state index contributed by atoms with van der Waals surface area (Å²) in [6.07, 6.45) is 1.50. The number of carbonyl (C=O) groups is 1. The molecular formula is C21H24FN3O2S. The van der Waals surface area contributed by atoms with Gasteiger partial charge in [0.15, 0.2) is 5.11 Å². The molecule has 0 saturated heterocycles. The van der Waals surface area contributed by atoms with Crippen molar-refractivity contribution in [1.82, 2.24) is 10.6 Å². The van der Waals surface area contributed by atoms with E-state index in [0.717, 1.165) is 23.2 Å². The fourth-order valence-electron chi connectivity index (χ4n) is 3.26. The van der Waals surface area contributed by atoms with Crippen LogP contribution in [0.1, 0.15) is 33.9 Å². The maximum absolute atomic E-state index is 13.8. The zero-order valence-electron chi connectivity index (χ0n) is 16.0. The van der Waals surface area contributed by atoms with E-state index in [1.165, 1.54) is 6.07 Å². The minimum absolute atomic E-state index is 0.00321. The lowest BCUT2D eigenvalue weighted by molar-refractivity contribution is 0.0512. The van der Waals surface area contributed by atoms with E-state index in [0.29, 0.717) is 23.6 Å². The second kappa shape index (κ2) is 9.01. The van der Waals surface area contributed by atoms with Crippen LogP contribution >= 0.6 is 12.2 Å². The van der Waals surface area contributed by atoms with Gasteiger partial charge in [-0.3, -0.25) is 0 Å². The molecule has 0 aromatic heterocycles. The molecule has 0 aliphatic heterocycles. The monoisotopic (exact) mass is 401 g/mol. The molecule has 2 aromatic carbocycles. The number of hydrogen-bond acceptors (Lipinski definition) is 4. The fourth-order valence-corrected chi connectivity index (χ4v) is 3.50. The van der Waals surface area contributed by atoms with Gasteiger partial charge in [0.25, 0.3) is 0 Å². The Labute approximate surface area is 169 Å². The molecule has 148 valence electrons. The van der Waals surface area contributed by atoms with Crippen LogP contribution < -0.4 is 15.5 Å². The first-order chi connectivity index (χ1) is 13.5. The van der Waals surface area contributed by atoms with E-state index in [-0.39, 0.29) is 24.4 Å². The highest BCUT2D eigenvalue weighted by atomic mass is 32.1. The van der Waals surface area contributed by atoms with Gasteiger partial charge in [-0.2, -0.15) is 0 Å². The predicted octanol–water partition coefficient (Wildman–Crippen LogP) is 3.20. The topological polar surface area (TPSA) is 53.6 Å². The number of carbonyl (C=O) groups excluding carboxylic acids is 1. The molecule has 0 spiro atoms. The quantitative estimate of drug-likeness (QED) is 0.441. The number of thiocarbonyl (C=S) groups is 1. The van der Waals surface area contributed by atoms with Crippen LogP contribution in [0.5, 0.6) is 0 Å². The standard InChI is InChI=1S/C21H24FN3O2S/c1-25(2)15-8-6-14(7-9-15)20(26)27-13-12-23-21(28)24-19-11-10-16-17(19)4-3-5-18(16)22/h3-9,19H,10-13H2,1-2H3,(H2,23,24,28). The van der Waals surface area contributed by atoms with Crippen LogP contribution in [0.4, 0.5) is 10.1 Å². The van der Waals surface area contributed by atoms with Gasteiger partial charge >= 0.3 is 5.97 Å².